The van der Waals surface area contributed by atoms with E-state index in [4.69, 9.17) is 4.74 Å². The molecule has 0 spiro atoms. The zero-order valence-corrected chi connectivity index (χ0v) is 10.7. The van der Waals surface area contributed by atoms with Crippen molar-refractivity contribution in [3.05, 3.63) is 0 Å². The van der Waals surface area contributed by atoms with Gasteiger partial charge in [0.1, 0.15) is 0 Å². The lowest BCUT2D eigenvalue weighted by Gasteiger charge is -2.27. The van der Waals surface area contributed by atoms with Gasteiger partial charge in [0.2, 0.25) is 0 Å². The van der Waals surface area contributed by atoms with E-state index in [9.17, 15) is 5.11 Å². The number of hydrogen-bond donors (Lipinski definition) is 1. The maximum atomic E-state index is 9.44. The molecule has 0 aromatic heterocycles. The summed E-state index contributed by atoms with van der Waals surface area (Å²) < 4.78 is 5.14. The molecule has 1 N–H and O–H groups in total. The highest BCUT2D eigenvalue weighted by Gasteiger charge is 2.11. The zero-order chi connectivity index (χ0) is 11.7. The van der Waals surface area contributed by atoms with Crippen LogP contribution in [-0.4, -0.2) is 49.0 Å². The molecule has 2 unspecified atom stereocenters. The average Bonchev–Trinajstić information content (AvgIpc) is 2.24. The van der Waals surface area contributed by atoms with E-state index in [1.165, 1.54) is 0 Å². The molecule has 0 heterocycles. The van der Waals surface area contributed by atoms with Crippen LogP contribution in [-0.2, 0) is 4.74 Å². The number of ether oxygens (including phenoxy) is 1. The normalized spacial score (nSPS) is 15.6. The number of hydrogen-bond acceptors (Lipinski definition) is 3. The van der Waals surface area contributed by atoms with Gasteiger partial charge in [0, 0.05) is 13.2 Å². The molecule has 0 amide bonds. The number of aliphatic hydroxyl groups is 1. The van der Waals surface area contributed by atoms with Crippen molar-refractivity contribution in [2.45, 2.75) is 52.2 Å². The highest BCUT2D eigenvalue weighted by Crippen LogP contribution is 2.05. The molecule has 0 rings (SSSR count). The van der Waals surface area contributed by atoms with Crippen LogP contribution in [0.5, 0.6) is 0 Å². The molecule has 0 bridgehead atoms. The van der Waals surface area contributed by atoms with Gasteiger partial charge in [0.15, 0.2) is 0 Å². The van der Waals surface area contributed by atoms with E-state index in [0.717, 1.165) is 39.0 Å². The largest absolute Gasteiger partial charge is 0.393 e. The Morgan fingerprint density at radius 2 is 2.00 bits per heavy atom. The minimum atomic E-state index is -0.124. The van der Waals surface area contributed by atoms with Crippen molar-refractivity contribution >= 4 is 0 Å². The monoisotopic (exact) mass is 217 g/mol. The first-order valence-electron chi connectivity index (χ1n) is 6.06. The van der Waals surface area contributed by atoms with E-state index in [-0.39, 0.29) is 6.10 Å². The molecule has 0 saturated carbocycles. The van der Waals surface area contributed by atoms with Crippen molar-refractivity contribution in [3.8, 4) is 0 Å². The number of aliphatic hydroxyl groups excluding tert-OH is 1. The maximum Gasteiger partial charge on any atom is 0.0615 e. The molecule has 92 valence electrons. The van der Waals surface area contributed by atoms with E-state index >= 15 is 0 Å². The Balaban J connectivity index is 3.69. The Kier molecular flexibility index (Phi) is 9.06. The van der Waals surface area contributed by atoms with Gasteiger partial charge in [0.05, 0.1) is 12.7 Å². The highest BCUT2D eigenvalue weighted by atomic mass is 16.5. The van der Waals surface area contributed by atoms with Gasteiger partial charge in [-0.25, -0.2) is 0 Å². The SMILES string of the molecule is CCC(O)CCCN(CC)C(C)COC. The summed E-state index contributed by atoms with van der Waals surface area (Å²) in [6.07, 6.45) is 2.71. The molecule has 0 aliphatic rings. The molecule has 0 aromatic carbocycles. The van der Waals surface area contributed by atoms with Crippen LogP contribution in [0.2, 0.25) is 0 Å². The van der Waals surface area contributed by atoms with Crippen molar-refractivity contribution in [1.29, 1.82) is 0 Å². The predicted octanol–water partition coefficient (Wildman–Crippen LogP) is 1.89. The number of methoxy groups -OCH3 is 1. The molecule has 2 atom stereocenters. The van der Waals surface area contributed by atoms with Crippen LogP contribution in [0.25, 0.3) is 0 Å². The third-order valence-corrected chi connectivity index (χ3v) is 2.89. The van der Waals surface area contributed by atoms with Crippen LogP contribution < -0.4 is 0 Å². The Morgan fingerprint density at radius 3 is 2.47 bits per heavy atom. The standard InChI is InChI=1S/C12H27NO2/c1-5-12(14)8-7-9-13(6-2)11(3)10-15-4/h11-12,14H,5-10H2,1-4H3. The van der Waals surface area contributed by atoms with Gasteiger partial charge in [0.25, 0.3) is 0 Å². The van der Waals surface area contributed by atoms with Gasteiger partial charge >= 0.3 is 0 Å². The summed E-state index contributed by atoms with van der Waals surface area (Å²) in [4.78, 5) is 2.39. The van der Waals surface area contributed by atoms with Crippen LogP contribution in [0.1, 0.15) is 40.0 Å². The van der Waals surface area contributed by atoms with Crippen molar-refractivity contribution in [1.82, 2.24) is 4.90 Å². The molecule has 3 nitrogen and oxygen atoms in total. The van der Waals surface area contributed by atoms with Gasteiger partial charge in [-0.15, -0.1) is 0 Å². The predicted molar refractivity (Wildman–Crippen MR) is 64.1 cm³/mol. The minimum Gasteiger partial charge on any atom is -0.393 e. The van der Waals surface area contributed by atoms with Gasteiger partial charge in [-0.2, -0.15) is 0 Å². The van der Waals surface area contributed by atoms with E-state index < -0.39 is 0 Å². The summed E-state index contributed by atoms with van der Waals surface area (Å²) in [7, 11) is 1.74. The molecule has 3 heteroatoms. The van der Waals surface area contributed by atoms with Gasteiger partial charge < -0.3 is 9.84 Å². The Bertz CT molecular complexity index is 142. The molecular weight excluding hydrogens is 190 g/mol. The lowest BCUT2D eigenvalue weighted by molar-refractivity contribution is 0.0949. The highest BCUT2D eigenvalue weighted by molar-refractivity contribution is 4.66. The fourth-order valence-corrected chi connectivity index (χ4v) is 1.77. The molecule has 0 aliphatic heterocycles. The minimum absolute atomic E-state index is 0.124. The van der Waals surface area contributed by atoms with Gasteiger partial charge in [-0.1, -0.05) is 13.8 Å². The first kappa shape index (κ1) is 14.9. The summed E-state index contributed by atoms with van der Waals surface area (Å²) in [5.74, 6) is 0. The first-order valence-corrected chi connectivity index (χ1v) is 6.06. The van der Waals surface area contributed by atoms with Crippen molar-refractivity contribution < 1.29 is 9.84 Å². The summed E-state index contributed by atoms with van der Waals surface area (Å²) in [6, 6.07) is 0.471. The Morgan fingerprint density at radius 1 is 1.33 bits per heavy atom. The van der Waals surface area contributed by atoms with E-state index in [2.05, 4.69) is 18.7 Å². The molecule has 0 aliphatic carbocycles. The number of nitrogens with zero attached hydrogens (tertiary/aromatic N) is 1. The van der Waals surface area contributed by atoms with Crippen molar-refractivity contribution in [3.63, 3.8) is 0 Å². The molecule has 15 heavy (non-hydrogen) atoms. The molecular formula is C12H27NO2. The summed E-state index contributed by atoms with van der Waals surface area (Å²) in [6.45, 7) is 9.26. The van der Waals surface area contributed by atoms with Crippen LogP contribution >= 0.6 is 0 Å². The number of likely N-dealkylation sites (N-methyl/N-ethyl adjacent to an activating group) is 1. The van der Waals surface area contributed by atoms with Crippen LogP contribution in [0.4, 0.5) is 0 Å². The third kappa shape index (κ3) is 6.88. The summed E-state index contributed by atoms with van der Waals surface area (Å²) >= 11 is 0. The second-order valence-electron chi connectivity index (χ2n) is 4.14. The summed E-state index contributed by atoms with van der Waals surface area (Å²) in [5.41, 5.74) is 0. The van der Waals surface area contributed by atoms with Gasteiger partial charge in [-0.05, 0) is 39.3 Å². The quantitative estimate of drug-likeness (QED) is 0.640. The lowest BCUT2D eigenvalue weighted by atomic mass is 10.1. The van der Waals surface area contributed by atoms with Crippen LogP contribution in [0, 0.1) is 0 Å². The molecule has 0 saturated heterocycles. The first-order chi connectivity index (χ1) is 7.15. The fraction of sp³-hybridized carbons (Fsp3) is 1.00. The number of rotatable bonds is 9. The maximum absolute atomic E-state index is 9.44. The Labute approximate surface area is 94.4 Å². The Hall–Kier alpha value is -0.120. The smallest absolute Gasteiger partial charge is 0.0615 e. The second kappa shape index (κ2) is 9.13. The second-order valence-corrected chi connectivity index (χ2v) is 4.14. The molecule has 0 radical (unpaired) electrons. The third-order valence-electron chi connectivity index (χ3n) is 2.89. The van der Waals surface area contributed by atoms with Crippen LogP contribution in [0.3, 0.4) is 0 Å². The zero-order valence-electron chi connectivity index (χ0n) is 10.7. The average molecular weight is 217 g/mol. The molecule has 0 fully saturated rings. The lowest BCUT2D eigenvalue weighted by Crippen LogP contribution is -2.37. The van der Waals surface area contributed by atoms with Gasteiger partial charge in [-0.3, -0.25) is 4.90 Å². The molecule has 0 aromatic rings. The topological polar surface area (TPSA) is 32.7 Å². The van der Waals surface area contributed by atoms with E-state index in [1.54, 1.807) is 7.11 Å². The van der Waals surface area contributed by atoms with E-state index in [1.807, 2.05) is 6.92 Å². The van der Waals surface area contributed by atoms with Crippen molar-refractivity contribution in [2.24, 2.45) is 0 Å². The van der Waals surface area contributed by atoms with Crippen LogP contribution in [0.15, 0.2) is 0 Å². The summed E-state index contributed by atoms with van der Waals surface area (Å²) in [5, 5.41) is 9.44. The van der Waals surface area contributed by atoms with E-state index in [0.29, 0.717) is 6.04 Å². The van der Waals surface area contributed by atoms with Crippen molar-refractivity contribution in [2.75, 3.05) is 26.8 Å². The fourth-order valence-electron chi connectivity index (χ4n) is 1.77.